The summed E-state index contributed by atoms with van der Waals surface area (Å²) in [6.45, 7) is 1.77. The van der Waals surface area contributed by atoms with Crippen LogP contribution in [0.3, 0.4) is 0 Å². The first-order chi connectivity index (χ1) is 8.58. The number of esters is 1. The lowest BCUT2D eigenvalue weighted by atomic mass is 10.0. The number of aliphatic carboxylic acids is 1. The second-order valence-corrected chi connectivity index (χ2v) is 3.52. The van der Waals surface area contributed by atoms with Crippen molar-refractivity contribution in [3.63, 3.8) is 0 Å². The fourth-order valence-corrected chi connectivity index (χ4v) is 1.41. The minimum Gasteiger partial charge on any atom is -0.481 e. The molecule has 1 aromatic rings. The van der Waals surface area contributed by atoms with Crippen LogP contribution >= 0.6 is 0 Å². The summed E-state index contributed by atoms with van der Waals surface area (Å²) in [6.07, 6.45) is -0.0225. The van der Waals surface area contributed by atoms with E-state index in [2.05, 4.69) is 4.98 Å². The largest absolute Gasteiger partial charge is 0.481 e. The smallest absolute Gasteiger partial charge is 0.320 e. The van der Waals surface area contributed by atoms with E-state index in [9.17, 15) is 9.59 Å². The Hall–Kier alpha value is -2.11. The van der Waals surface area contributed by atoms with E-state index in [1.54, 1.807) is 25.1 Å². The molecule has 6 nitrogen and oxygen atoms in total. The van der Waals surface area contributed by atoms with E-state index in [4.69, 9.17) is 14.6 Å². The Kier molecular flexibility index (Phi) is 5.10. The van der Waals surface area contributed by atoms with Gasteiger partial charge in [-0.1, -0.05) is 6.07 Å². The molecule has 0 aromatic carbocycles. The number of carboxylic acids is 1. The van der Waals surface area contributed by atoms with Gasteiger partial charge < -0.3 is 14.6 Å². The second kappa shape index (κ2) is 6.58. The van der Waals surface area contributed by atoms with Crippen LogP contribution in [0.4, 0.5) is 0 Å². The van der Waals surface area contributed by atoms with Gasteiger partial charge >= 0.3 is 11.9 Å². The molecule has 1 aromatic heterocycles. The number of rotatable bonds is 6. The Labute approximate surface area is 105 Å². The number of carbonyl (C=O) groups excluding carboxylic acids is 1. The van der Waals surface area contributed by atoms with Crippen molar-refractivity contribution in [2.45, 2.75) is 13.3 Å². The molecule has 0 saturated heterocycles. The van der Waals surface area contributed by atoms with Crippen LogP contribution in [0.15, 0.2) is 18.2 Å². The number of hydrogen-bond donors (Lipinski definition) is 1. The summed E-state index contributed by atoms with van der Waals surface area (Å²) in [6, 6.07) is 4.96. The van der Waals surface area contributed by atoms with Crippen molar-refractivity contribution in [2.75, 3.05) is 13.7 Å². The molecule has 0 spiro atoms. The molecule has 0 aliphatic rings. The highest BCUT2D eigenvalue weighted by Gasteiger charge is 2.28. The first kappa shape index (κ1) is 14.0. The predicted molar refractivity (Wildman–Crippen MR) is 62.3 cm³/mol. The normalized spacial score (nSPS) is 11.7. The Morgan fingerprint density at radius 2 is 2.17 bits per heavy atom. The molecule has 0 bridgehead atoms. The third-order valence-electron chi connectivity index (χ3n) is 2.27. The van der Waals surface area contributed by atoms with E-state index in [0.717, 1.165) is 0 Å². The molecule has 0 amide bonds. The predicted octanol–water partition coefficient (Wildman–Crippen LogP) is 0.897. The molecule has 1 atom stereocenters. The monoisotopic (exact) mass is 253 g/mol. The fraction of sp³-hybridized carbons (Fsp3) is 0.417. The van der Waals surface area contributed by atoms with Crippen LogP contribution < -0.4 is 4.74 Å². The van der Waals surface area contributed by atoms with Crippen LogP contribution in [0.5, 0.6) is 5.88 Å². The third kappa shape index (κ3) is 3.73. The zero-order chi connectivity index (χ0) is 13.5. The van der Waals surface area contributed by atoms with Gasteiger partial charge in [-0.25, -0.2) is 4.98 Å². The van der Waals surface area contributed by atoms with Gasteiger partial charge in [0.25, 0.3) is 0 Å². The maximum absolute atomic E-state index is 11.5. The molecule has 1 unspecified atom stereocenters. The second-order valence-electron chi connectivity index (χ2n) is 3.52. The average Bonchev–Trinajstić information content (AvgIpc) is 2.36. The summed E-state index contributed by atoms with van der Waals surface area (Å²) in [5.41, 5.74) is 0.467. The molecular weight excluding hydrogens is 238 g/mol. The summed E-state index contributed by atoms with van der Waals surface area (Å²) >= 11 is 0. The van der Waals surface area contributed by atoms with Gasteiger partial charge in [0.1, 0.15) is 0 Å². The van der Waals surface area contributed by atoms with Crippen molar-refractivity contribution >= 4 is 11.9 Å². The lowest BCUT2D eigenvalue weighted by Crippen LogP contribution is -2.28. The van der Waals surface area contributed by atoms with Crippen LogP contribution in [0.1, 0.15) is 12.6 Å². The summed E-state index contributed by atoms with van der Waals surface area (Å²) < 4.78 is 9.65. The molecule has 98 valence electrons. The summed E-state index contributed by atoms with van der Waals surface area (Å²) in [5, 5.41) is 9.00. The number of methoxy groups -OCH3 is 1. The molecule has 0 saturated carbocycles. The van der Waals surface area contributed by atoms with Gasteiger partial charge in [0.15, 0.2) is 5.92 Å². The molecule has 0 aliphatic heterocycles. The Bertz CT molecular complexity index is 432. The van der Waals surface area contributed by atoms with Crippen molar-refractivity contribution in [2.24, 2.45) is 5.92 Å². The maximum Gasteiger partial charge on any atom is 0.320 e. The SMILES string of the molecule is CCOC(=O)C(Cc1cccc(OC)n1)C(=O)O. The standard InChI is InChI=1S/C12H15NO5/c1-3-18-12(16)9(11(14)15)7-8-5-4-6-10(13-8)17-2/h4-6,9H,3,7H2,1-2H3,(H,14,15). The number of nitrogens with zero attached hydrogens (tertiary/aromatic N) is 1. The summed E-state index contributed by atoms with van der Waals surface area (Å²) in [7, 11) is 1.46. The molecule has 1 rings (SSSR count). The van der Waals surface area contributed by atoms with Crippen LogP contribution in [-0.2, 0) is 20.7 Å². The minimum atomic E-state index is -1.25. The van der Waals surface area contributed by atoms with Gasteiger partial charge in [-0.05, 0) is 13.0 Å². The Morgan fingerprint density at radius 3 is 2.72 bits per heavy atom. The third-order valence-corrected chi connectivity index (χ3v) is 2.27. The number of carboxylic acid groups (broad SMARTS) is 1. The first-order valence-electron chi connectivity index (χ1n) is 5.47. The number of carbonyl (C=O) groups is 2. The molecule has 0 fully saturated rings. The zero-order valence-electron chi connectivity index (χ0n) is 10.3. The lowest BCUT2D eigenvalue weighted by molar-refractivity contribution is -0.158. The van der Waals surface area contributed by atoms with E-state index in [-0.39, 0.29) is 13.0 Å². The molecule has 0 aliphatic carbocycles. The summed E-state index contributed by atoms with van der Waals surface area (Å²) in [4.78, 5) is 26.6. The zero-order valence-corrected chi connectivity index (χ0v) is 10.3. The van der Waals surface area contributed by atoms with E-state index in [1.807, 2.05) is 0 Å². The molecule has 1 N–H and O–H groups in total. The van der Waals surface area contributed by atoms with Crippen molar-refractivity contribution in [3.05, 3.63) is 23.9 Å². The van der Waals surface area contributed by atoms with Crippen molar-refractivity contribution in [3.8, 4) is 5.88 Å². The van der Waals surface area contributed by atoms with Gasteiger partial charge in [0.05, 0.1) is 13.7 Å². The highest BCUT2D eigenvalue weighted by Crippen LogP contribution is 2.13. The minimum absolute atomic E-state index is 0.0225. The number of hydrogen-bond acceptors (Lipinski definition) is 5. The van der Waals surface area contributed by atoms with Gasteiger partial charge in [-0.2, -0.15) is 0 Å². The summed E-state index contributed by atoms with van der Waals surface area (Å²) in [5.74, 6) is -2.85. The van der Waals surface area contributed by atoms with E-state index in [0.29, 0.717) is 11.6 Å². The van der Waals surface area contributed by atoms with Gasteiger partial charge in [-0.15, -0.1) is 0 Å². The maximum atomic E-state index is 11.5. The van der Waals surface area contributed by atoms with Crippen LogP contribution in [0.2, 0.25) is 0 Å². The topological polar surface area (TPSA) is 85.7 Å². The molecule has 1 heterocycles. The van der Waals surface area contributed by atoms with E-state index < -0.39 is 17.9 Å². The van der Waals surface area contributed by atoms with Gasteiger partial charge in [-0.3, -0.25) is 9.59 Å². The quantitative estimate of drug-likeness (QED) is 0.598. The number of aromatic nitrogens is 1. The molecular formula is C12H15NO5. The van der Waals surface area contributed by atoms with Gasteiger partial charge in [0, 0.05) is 18.2 Å². The fourth-order valence-electron chi connectivity index (χ4n) is 1.41. The highest BCUT2D eigenvalue weighted by atomic mass is 16.5. The van der Waals surface area contributed by atoms with Gasteiger partial charge in [0.2, 0.25) is 5.88 Å². The molecule has 18 heavy (non-hydrogen) atoms. The first-order valence-corrected chi connectivity index (χ1v) is 5.47. The van der Waals surface area contributed by atoms with Crippen molar-refractivity contribution < 1.29 is 24.2 Å². The van der Waals surface area contributed by atoms with E-state index in [1.165, 1.54) is 7.11 Å². The number of ether oxygens (including phenoxy) is 2. The number of pyridine rings is 1. The Morgan fingerprint density at radius 1 is 1.44 bits per heavy atom. The van der Waals surface area contributed by atoms with Crippen LogP contribution in [0.25, 0.3) is 0 Å². The lowest BCUT2D eigenvalue weighted by Gasteiger charge is -2.11. The van der Waals surface area contributed by atoms with Crippen molar-refractivity contribution in [1.29, 1.82) is 0 Å². The van der Waals surface area contributed by atoms with E-state index >= 15 is 0 Å². The molecule has 0 radical (unpaired) electrons. The average molecular weight is 253 g/mol. The van der Waals surface area contributed by atoms with Crippen LogP contribution in [-0.4, -0.2) is 35.7 Å². The Balaban J connectivity index is 2.82. The molecule has 6 heteroatoms. The highest BCUT2D eigenvalue weighted by molar-refractivity contribution is 5.94. The van der Waals surface area contributed by atoms with Crippen LogP contribution in [0, 0.1) is 5.92 Å². The van der Waals surface area contributed by atoms with Crippen molar-refractivity contribution in [1.82, 2.24) is 4.98 Å².